The second-order valence-electron chi connectivity index (χ2n) is 6.89. The Bertz CT molecular complexity index is 551. The van der Waals surface area contributed by atoms with Crippen LogP contribution in [-0.2, 0) is 4.79 Å². The summed E-state index contributed by atoms with van der Waals surface area (Å²) >= 11 is 0. The highest BCUT2D eigenvalue weighted by atomic mass is 16.5. The van der Waals surface area contributed by atoms with Crippen LogP contribution in [0.4, 0.5) is 0 Å². The maximum absolute atomic E-state index is 12.4. The molecule has 0 aromatic heterocycles. The molecule has 2 aliphatic rings. The van der Waals surface area contributed by atoms with Crippen LogP contribution in [0.1, 0.15) is 39.0 Å². The van der Waals surface area contributed by atoms with Crippen molar-refractivity contribution < 1.29 is 14.3 Å². The zero-order valence-corrected chi connectivity index (χ0v) is 14.7. The number of carbonyl (C=O) groups excluding carboxylic acids is 1. The molecule has 1 atom stereocenters. The fourth-order valence-corrected chi connectivity index (χ4v) is 3.46. The average Bonchev–Trinajstić information content (AvgIpc) is 2.58. The zero-order valence-electron chi connectivity index (χ0n) is 14.7. The van der Waals surface area contributed by atoms with Gasteiger partial charge in [-0.05, 0) is 31.9 Å². The molecule has 1 saturated heterocycles. The second kappa shape index (κ2) is 7.88. The van der Waals surface area contributed by atoms with Crippen LogP contribution in [0.15, 0.2) is 24.3 Å². The Morgan fingerprint density at radius 1 is 1.21 bits per heavy atom. The van der Waals surface area contributed by atoms with Gasteiger partial charge in [0.1, 0.15) is 17.6 Å². The minimum Gasteiger partial charge on any atom is -0.497 e. The molecule has 24 heavy (non-hydrogen) atoms. The van der Waals surface area contributed by atoms with E-state index in [9.17, 15) is 4.79 Å². The van der Waals surface area contributed by atoms with Crippen LogP contribution in [0.3, 0.4) is 0 Å². The van der Waals surface area contributed by atoms with E-state index in [1.54, 1.807) is 7.11 Å². The van der Waals surface area contributed by atoms with Crippen LogP contribution in [0, 0.1) is 0 Å². The van der Waals surface area contributed by atoms with Gasteiger partial charge >= 0.3 is 0 Å². The second-order valence-corrected chi connectivity index (χ2v) is 6.89. The smallest absolute Gasteiger partial charge is 0.237 e. The third kappa shape index (κ3) is 4.20. The molecule has 1 saturated carbocycles. The molecule has 1 heterocycles. The number of ether oxygens (including phenoxy) is 2. The first-order chi connectivity index (χ1) is 11.7. The number of rotatable bonds is 6. The lowest BCUT2D eigenvalue weighted by Gasteiger charge is -2.42. The van der Waals surface area contributed by atoms with Crippen molar-refractivity contribution >= 4 is 5.91 Å². The third-order valence-electron chi connectivity index (χ3n) is 5.10. The van der Waals surface area contributed by atoms with Gasteiger partial charge in [0, 0.05) is 25.2 Å². The van der Waals surface area contributed by atoms with E-state index in [2.05, 4.69) is 10.2 Å². The lowest BCUT2D eigenvalue weighted by molar-refractivity contribution is -0.130. The number of benzene rings is 1. The first-order valence-corrected chi connectivity index (χ1v) is 9.01. The Labute approximate surface area is 144 Å². The van der Waals surface area contributed by atoms with E-state index >= 15 is 0 Å². The Morgan fingerprint density at radius 3 is 2.62 bits per heavy atom. The lowest BCUT2D eigenvalue weighted by atomic mass is 9.95. The van der Waals surface area contributed by atoms with Crippen molar-refractivity contribution in [1.82, 2.24) is 10.2 Å². The number of hydrogen-bond acceptors (Lipinski definition) is 4. The minimum atomic E-state index is -0.0860. The van der Waals surface area contributed by atoms with E-state index in [1.165, 1.54) is 19.3 Å². The van der Waals surface area contributed by atoms with Gasteiger partial charge in [-0.2, -0.15) is 0 Å². The number of amides is 1. The minimum absolute atomic E-state index is 0.0860. The summed E-state index contributed by atoms with van der Waals surface area (Å²) in [7, 11) is 1.65. The lowest BCUT2D eigenvalue weighted by Crippen LogP contribution is -2.61. The van der Waals surface area contributed by atoms with Gasteiger partial charge in [-0.15, -0.1) is 0 Å². The molecule has 0 radical (unpaired) electrons. The summed E-state index contributed by atoms with van der Waals surface area (Å²) in [5, 5.41) is 3.21. The molecular formula is C19H28N2O3. The maximum Gasteiger partial charge on any atom is 0.237 e. The summed E-state index contributed by atoms with van der Waals surface area (Å²) in [6.45, 7) is 3.56. The first kappa shape index (κ1) is 17.1. The van der Waals surface area contributed by atoms with Crippen LogP contribution < -0.4 is 14.8 Å². The highest BCUT2D eigenvalue weighted by Gasteiger charge is 2.35. The third-order valence-corrected chi connectivity index (χ3v) is 5.10. The summed E-state index contributed by atoms with van der Waals surface area (Å²) in [6.07, 6.45) is 6.16. The summed E-state index contributed by atoms with van der Waals surface area (Å²) in [6, 6.07) is 7.94. The molecule has 1 amide bonds. The quantitative estimate of drug-likeness (QED) is 0.870. The van der Waals surface area contributed by atoms with E-state index in [1.807, 2.05) is 31.2 Å². The molecule has 0 spiro atoms. The van der Waals surface area contributed by atoms with Gasteiger partial charge in [0.05, 0.1) is 13.2 Å². The molecule has 1 aromatic rings. The molecule has 1 aromatic carbocycles. The van der Waals surface area contributed by atoms with Crippen LogP contribution in [0.5, 0.6) is 11.5 Å². The van der Waals surface area contributed by atoms with Crippen molar-refractivity contribution in [2.45, 2.75) is 57.2 Å². The van der Waals surface area contributed by atoms with Gasteiger partial charge in [0.25, 0.3) is 0 Å². The van der Waals surface area contributed by atoms with Crippen LogP contribution in [0.25, 0.3) is 0 Å². The van der Waals surface area contributed by atoms with Crippen molar-refractivity contribution in [3.8, 4) is 11.5 Å². The average molecular weight is 332 g/mol. The highest BCUT2D eigenvalue weighted by Crippen LogP contribution is 2.24. The predicted molar refractivity (Wildman–Crippen MR) is 93.5 cm³/mol. The summed E-state index contributed by atoms with van der Waals surface area (Å²) in [5.74, 6) is 1.77. The van der Waals surface area contributed by atoms with Gasteiger partial charge in [-0.1, -0.05) is 25.3 Å². The van der Waals surface area contributed by atoms with Gasteiger partial charge < -0.3 is 14.8 Å². The number of nitrogens with zero attached hydrogens (tertiary/aromatic N) is 1. The van der Waals surface area contributed by atoms with Crippen LogP contribution >= 0.6 is 0 Å². The monoisotopic (exact) mass is 332 g/mol. The van der Waals surface area contributed by atoms with Crippen molar-refractivity contribution in [2.24, 2.45) is 0 Å². The molecule has 1 aliphatic heterocycles. The Morgan fingerprint density at radius 2 is 1.92 bits per heavy atom. The summed E-state index contributed by atoms with van der Waals surface area (Å²) in [4.78, 5) is 14.6. The fourth-order valence-electron chi connectivity index (χ4n) is 3.46. The standard InChI is InChI=1S/C19H28N2O3/c1-14(19(22)20-15-7-4-3-5-8-15)21-12-18(13-21)24-17-10-6-9-16(11-17)23-2/h6,9-11,14-15,18H,3-5,7-8,12-13H2,1-2H3,(H,20,22)/t14-/m1/s1. The molecule has 1 N–H and O–H groups in total. The Balaban J connectivity index is 1.42. The maximum atomic E-state index is 12.4. The zero-order chi connectivity index (χ0) is 16.9. The van der Waals surface area contributed by atoms with Gasteiger partial charge in [0.2, 0.25) is 5.91 Å². The highest BCUT2D eigenvalue weighted by molar-refractivity contribution is 5.81. The normalized spacial score (nSPS) is 20.9. The molecule has 0 bridgehead atoms. The molecule has 2 fully saturated rings. The largest absolute Gasteiger partial charge is 0.497 e. The van der Waals surface area contributed by atoms with Crippen LogP contribution in [-0.4, -0.2) is 49.2 Å². The SMILES string of the molecule is COc1cccc(OC2CN([C@H](C)C(=O)NC3CCCCC3)C2)c1. The molecule has 3 rings (SSSR count). The fraction of sp³-hybridized carbons (Fsp3) is 0.632. The number of likely N-dealkylation sites (tertiary alicyclic amines) is 1. The molecule has 5 heteroatoms. The first-order valence-electron chi connectivity index (χ1n) is 9.01. The molecule has 1 aliphatic carbocycles. The molecule has 5 nitrogen and oxygen atoms in total. The molecule has 0 unspecified atom stereocenters. The van der Waals surface area contributed by atoms with E-state index in [-0.39, 0.29) is 18.1 Å². The van der Waals surface area contributed by atoms with E-state index in [0.717, 1.165) is 37.4 Å². The summed E-state index contributed by atoms with van der Waals surface area (Å²) in [5.41, 5.74) is 0. The van der Waals surface area contributed by atoms with Crippen molar-refractivity contribution in [1.29, 1.82) is 0 Å². The van der Waals surface area contributed by atoms with Gasteiger partial charge in [-0.25, -0.2) is 0 Å². The van der Waals surface area contributed by atoms with Crippen molar-refractivity contribution in [3.05, 3.63) is 24.3 Å². The van der Waals surface area contributed by atoms with E-state index < -0.39 is 0 Å². The van der Waals surface area contributed by atoms with Crippen molar-refractivity contribution in [3.63, 3.8) is 0 Å². The van der Waals surface area contributed by atoms with E-state index in [0.29, 0.717) is 6.04 Å². The van der Waals surface area contributed by atoms with Crippen molar-refractivity contribution in [2.75, 3.05) is 20.2 Å². The number of carbonyl (C=O) groups is 1. The van der Waals surface area contributed by atoms with Gasteiger partial charge in [0.15, 0.2) is 0 Å². The van der Waals surface area contributed by atoms with E-state index in [4.69, 9.17) is 9.47 Å². The number of hydrogen-bond donors (Lipinski definition) is 1. The summed E-state index contributed by atoms with van der Waals surface area (Å²) < 4.78 is 11.2. The number of nitrogens with one attached hydrogen (secondary N) is 1. The Hall–Kier alpha value is -1.75. The topological polar surface area (TPSA) is 50.8 Å². The van der Waals surface area contributed by atoms with Gasteiger partial charge in [-0.3, -0.25) is 9.69 Å². The number of methoxy groups -OCH3 is 1. The van der Waals surface area contributed by atoms with Crippen LogP contribution in [0.2, 0.25) is 0 Å². The predicted octanol–water partition coefficient (Wildman–Crippen LogP) is 2.60. The Kier molecular flexibility index (Phi) is 5.61. The molecule has 132 valence electrons. The molecular weight excluding hydrogens is 304 g/mol.